The quantitative estimate of drug-likeness (QED) is 0.912. The molecule has 3 heterocycles. The van der Waals surface area contributed by atoms with Crippen molar-refractivity contribution < 1.29 is 0 Å². The number of pyridine rings is 1. The first-order valence-electron chi connectivity index (χ1n) is 6.06. The van der Waals surface area contributed by atoms with Gasteiger partial charge < -0.3 is 5.32 Å². The Morgan fingerprint density at radius 1 is 1.39 bits per heavy atom. The van der Waals surface area contributed by atoms with E-state index in [0.29, 0.717) is 0 Å². The first-order chi connectivity index (χ1) is 8.92. The minimum absolute atomic E-state index is 0.865. The standard InChI is InChI=1S/C13H15N3S2/c1-2-4-15-12(3-1)13-16-11(9-18-13)8-17-7-10-5-14-6-10/h1-4,9-10,14H,5-8H2. The molecule has 5 heteroatoms. The molecule has 0 spiro atoms. The van der Waals surface area contributed by atoms with E-state index in [1.807, 2.05) is 36.2 Å². The molecule has 1 saturated heterocycles. The fraction of sp³-hybridized carbons (Fsp3) is 0.385. The van der Waals surface area contributed by atoms with Crippen LogP contribution in [0.15, 0.2) is 29.8 Å². The van der Waals surface area contributed by atoms with E-state index >= 15 is 0 Å². The van der Waals surface area contributed by atoms with Crippen LogP contribution in [0.5, 0.6) is 0 Å². The Bertz CT molecular complexity index is 494. The van der Waals surface area contributed by atoms with Crippen molar-refractivity contribution >= 4 is 23.1 Å². The van der Waals surface area contributed by atoms with Crippen LogP contribution in [0.3, 0.4) is 0 Å². The van der Waals surface area contributed by atoms with Gasteiger partial charge in [-0.1, -0.05) is 6.07 Å². The van der Waals surface area contributed by atoms with Gasteiger partial charge in [-0.2, -0.15) is 11.8 Å². The number of hydrogen-bond donors (Lipinski definition) is 1. The molecule has 0 aromatic carbocycles. The van der Waals surface area contributed by atoms with Crippen molar-refractivity contribution in [1.29, 1.82) is 0 Å². The van der Waals surface area contributed by atoms with Gasteiger partial charge in [0.15, 0.2) is 0 Å². The summed E-state index contributed by atoms with van der Waals surface area (Å²) in [6.07, 6.45) is 1.81. The summed E-state index contributed by atoms with van der Waals surface area (Å²) in [5.74, 6) is 3.12. The zero-order chi connectivity index (χ0) is 12.2. The van der Waals surface area contributed by atoms with Crippen LogP contribution in [0, 0.1) is 5.92 Å². The monoisotopic (exact) mass is 277 g/mol. The summed E-state index contributed by atoms with van der Waals surface area (Å²) in [5, 5.41) is 6.47. The first kappa shape index (κ1) is 12.1. The number of thioether (sulfide) groups is 1. The molecule has 1 aliphatic heterocycles. The van der Waals surface area contributed by atoms with Gasteiger partial charge in [-0.15, -0.1) is 11.3 Å². The highest BCUT2D eigenvalue weighted by molar-refractivity contribution is 7.98. The molecule has 18 heavy (non-hydrogen) atoms. The van der Waals surface area contributed by atoms with E-state index in [1.54, 1.807) is 11.3 Å². The highest BCUT2D eigenvalue weighted by Crippen LogP contribution is 2.24. The molecule has 0 aliphatic carbocycles. The molecule has 0 amide bonds. The first-order valence-corrected chi connectivity index (χ1v) is 8.09. The molecule has 94 valence electrons. The molecule has 3 nitrogen and oxygen atoms in total. The van der Waals surface area contributed by atoms with Crippen molar-refractivity contribution in [2.75, 3.05) is 18.8 Å². The smallest absolute Gasteiger partial charge is 0.142 e. The summed E-state index contributed by atoms with van der Waals surface area (Å²) in [5.41, 5.74) is 2.15. The zero-order valence-electron chi connectivity index (χ0n) is 10.0. The van der Waals surface area contributed by atoms with Gasteiger partial charge in [0.2, 0.25) is 0 Å². The SMILES string of the molecule is c1ccc(-c2nc(CSCC3CNC3)cs2)nc1. The number of aromatic nitrogens is 2. The predicted octanol–water partition coefficient (Wildman–Crippen LogP) is 2.66. The molecule has 0 radical (unpaired) electrons. The van der Waals surface area contributed by atoms with Crippen LogP contribution in [-0.4, -0.2) is 28.8 Å². The van der Waals surface area contributed by atoms with Gasteiger partial charge in [0.1, 0.15) is 5.01 Å². The topological polar surface area (TPSA) is 37.8 Å². The molecule has 0 atom stereocenters. The third-order valence-corrected chi connectivity index (χ3v) is 5.03. The summed E-state index contributed by atoms with van der Waals surface area (Å²) in [6.45, 7) is 2.37. The molecule has 0 saturated carbocycles. The second kappa shape index (κ2) is 5.82. The van der Waals surface area contributed by atoms with Gasteiger partial charge in [-0.05, 0) is 36.9 Å². The van der Waals surface area contributed by atoms with Gasteiger partial charge in [-0.25, -0.2) is 4.98 Å². The van der Waals surface area contributed by atoms with E-state index in [4.69, 9.17) is 0 Å². The molecule has 1 N–H and O–H groups in total. The van der Waals surface area contributed by atoms with Crippen LogP contribution in [0.1, 0.15) is 5.69 Å². The normalized spacial score (nSPS) is 15.6. The lowest BCUT2D eigenvalue weighted by atomic mass is 10.1. The Morgan fingerprint density at radius 2 is 2.33 bits per heavy atom. The maximum absolute atomic E-state index is 4.64. The lowest BCUT2D eigenvalue weighted by molar-refractivity contribution is 0.385. The van der Waals surface area contributed by atoms with Crippen molar-refractivity contribution in [3.63, 3.8) is 0 Å². The van der Waals surface area contributed by atoms with E-state index in [9.17, 15) is 0 Å². The van der Waals surface area contributed by atoms with E-state index in [1.165, 1.54) is 24.5 Å². The Kier molecular flexibility index (Phi) is 3.93. The molecule has 0 unspecified atom stereocenters. The van der Waals surface area contributed by atoms with E-state index in [0.717, 1.165) is 22.4 Å². The predicted molar refractivity (Wildman–Crippen MR) is 77.9 cm³/mol. The summed E-state index contributed by atoms with van der Waals surface area (Å²) in [4.78, 5) is 8.97. The minimum Gasteiger partial charge on any atom is -0.316 e. The molecule has 2 aromatic heterocycles. The maximum Gasteiger partial charge on any atom is 0.142 e. The lowest BCUT2D eigenvalue weighted by Gasteiger charge is -2.26. The molecule has 1 aliphatic rings. The van der Waals surface area contributed by atoms with E-state index in [2.05, 4.69) is 20.7 Å². The zero-order valence-corrected chi connectivity index (χ0v) is 11.6. The van der Waals surface area contributed by atoms with Crippen molar-refractivity contribution in [1.82, 2.24) is 15.3 Å². The van der Waals surface area contributed by atoms with E-state index in [-0.39, 0.29) is 0 Å². The van der Waals surface area contributed by atoms with Crippen LogP contribution in [0.2, 0.25) is 0 Å². The van der Waals surface area contributed by atoms with E-state index < -0.39 is 0 Å². The fourth-order valence-corrected chi connectivity index (χ4v) is 3.72. The summed E-state index contributed by atoms with van der Waals surface area (Å²) in [7, 11) is 0. The Balaban J connectivity index is 1.56. The number of nitrogens with zero attached hydrogens (tertiary/aromatic N) is 2. The maximum atomic E-state index is 4.64. The molecule has 2 aromatic rings. The second-order valence-electron chi connectivity index (χ2n) is 4.40. The summed E-state index contributed by atoms with van der Waals surface area (Å²) in [6, 6.07) is 5.94. The van der Waals surface area contributed by atoms with Gasteiger partial charge in [0, 0.05) is 17.3 Å². The average molecular weight is 277 g/mol. The highest BCUT2D eigenvalue weighted by Gasteiger charge is 2.16. The Hall–Kier alpha value is -0.910. The van der Waals surface area contributed by atoms with Crippen LogP contribution in [0.25, 0.3) is 10.7 Å². The Morgan fingerprint density at radius 3 is 3.06 bits per heavy atom. The van der Waals surface area contributed by atoms with Crippen molar-refractivity contribution in [3.8, 4) is 10.7 Å². The molecule has 1 fully saturated rings. The Labute approximate surface area is 115 Å². The molecule has 0 bridgehead atoms. The number of nitrogens with one attached hydrogen (secondary N) is 1. The summed E-state index contributed by atoms with van der Waals surface area (Å²) < 4.78 is 0. The fourth-order valence-electron chi connectivity index (χ4n) is 1.78. The van der Waals surface area contributed by atoms with Gasteiger partial charge >= 0.3 is 0 Å². The average Bonchev–Trinajstić information content (AvgIpc) is 2.82. The molecule has 3 rings (SSSR count). The number of rotatable bonds is 5. The molecular weight excluding hydrogens is 262 g/mol. The third kappa shape index (κ3) is 2.91. The van der Waals surface area contributed by atoms with Crippen LogP contribution in [-0.2, 0) is 5.75 Å². The van der Waals surface area contributed by atoms with Crippen molar-refractivity contribution in [2.45, 2.75) is 5.75 Å². The number of thiazole rings is 1. The number of hydrogen-bond acceptors (Lipinski definition) is 5. The minimum atomic E-state index is 0.865. The highest BCUT2D eigenvalue weighted by atomic mass is 32.2. The van der Waals surface area contributed by atoms with Gasteiger partial charge in [0.25, 0.3) is 0 Å². The largest absolute Gasteiger partial charge is 0.316 e. The van der Waals surface area contributed by atoms with Gasteiger partial charge in [-0.3, -0.25) is 4.98 Å². The van der Waals surface area contributed by atoms with Crippen LogP contribution in [0.4, 0.5) is 0 Å². The van der Waals surface area contributed by atoms with Crippen molar-refractivity contribution in [2.24, 2.45) is 5.92 Å². The third-order valence-electron chi connectivity index (χ3n) is 2.91. The lowest BCUT2D eigenvalue weighted by Crippen LogP contribution is -2.43. The summed E-state index contributed by atoms with van der Waals surface area (Å²) >= 11 is 3.66. The van der Waals surface area contributed by atoms with Gasteiger partial charge in [0.05, 0.1) is 11.4 Å². The van der Waals surface area contributed by atoms with Crippen LogP contribution >= 0.6 is 23.1 Å². The second-order valence-corrected chi connectivity index (χ2v) is 6.29. The molecular formula is C13H15N3S2. The van der Waals surface area contributed by atoms with Crippen molar-refractivity contribution in [3.05, 3.63) is 35.5 Å². The van der Waals surface area contributed by atoms with Crippen LogP contribution < -0.4 is 5.32 Å².